The lowest BCUT2D eigenvalue weighted by atomic mass is 9.75. The number of thiocarbonyl (C=S) groups is 1. The van der Waals surface area contributed by atoms with Gasteiger partial charge in [-0.05, 0) is 81.0 Å². The van der Waals surface area contributed by atoms with Crippen LogP contribution in [0.1, 0.15) is 25.7 Å². The SMILES string of the molecule is COCC1CCCN1CC1CN2CCC1CC2CNC(=S)Nc1cccc(Cl)c1. The third-order valence-electron chi connectivity index (χ3n) is 6.92. The number of benzene rings is 1. The Bertz CT molecular complexity index is 705. The zero-order valence-electron chi connectivity index (χ0n) is 17.3. The number of methoxy groups -OCH3 is 1. The van der Waals surface area contributed by atoms with Crippen molar-refractivity contribution in [3.8, 4) is 0 Å². The Balaban J connectivity index is 1.24. The molecule has 5 nitrogen and oxygen atoms in total. The van der Waals surface area contributed by atoms with Crippen molar-refractivity contribution in [3.05, 3.63) is 29.3 Å². The van der Waals surface area contributed by atoms with Crippen LogP contribution in [0.5, 0.6) is 0 Å². The van der Waals surface area contributed by atoms with Crippen LogP contribution in [-0.4, -0.2) is 73.4 Å². The molecule has 0 radical (unpaired) electrons. The predicted octanol–water partition coefficient (Wildman–Crippen LogP) is 3.45. The highest BCUT2D eigenvalue weighted by atomic mass is 35.5. The Morgan fingerprint density at radius 2 is 2.17 bits per heavy atom. The average molecular weight is 437 g/mol. The number of fused-ring (bicyclic) bond motifs is 3. The first-order valence-corrected chi connectivity index (χ1v) is 11.7. The van der Waals surface area contributed by atoms with Crippen molar-refractivity contribution in [2.24, 2.45) is 11.8 Å². The number of nitrogens with zero attached hydrogens (tertiary/aromatic N) is 2. The van der Waals surface area contributed by atoms with Crippen LogP contribution >= 0.6 is 23.8 Å². The van der Waals surface area contributed by atoms with Gasteiger partial charge in [0.1, 0.15) is 0 Å². The van der Waals surface area contributed by atoms with E-state index in [4.69, 9.17) is 28.6 Å². The maximum Gasteiger partial charge on any atom is 0.170 e. The van der Waals surface area contributed by atoms with Crippen molar-refractivity contribution in [2.45, 2.75) is 37.8 Å². The molecule has 4 heterocycles. The van der Waals surface area contributed by atoms with Gasteiger partial charge >= 0.3 is 0 Å². The minimum atomic E-state index is 0.581. The first-order chi connectivity index (χ1) is 14.1. The van der Waals surface area contributed by atoms with E-state index >= 15 is 0 Å². The molecule has 160 valence electrons. The van der Waals surface area contributed by atoms with Gasteiger partial charge < -0.3 is 15.4 Å². The molecule has 29 heavy (non-hydrogen) atoms. The normalized spacial score (nSPS) is 31.7. The first-order valence-electron chi connectivity index (χ1n) is 10.9. The van der Waals surface area contributed by atoms with Crippen molar-refractivity contribution in [2.75, 3.05) is 51.8 Å². The van der Waals surface area contributed by atoms with Crippen LogP contribution in [-0.2, 0) is 4.74 Å². The Morgan fingerprint density at radius 1 is 1.28 bits per heavy atom. The zero-order valence-corrected chi connectivity index (χ0v) is 18.9. The molecule has 5 unspecified atom stereocenters. The maximum atomic E-state index is 6.05. The van der Waals surface area contributed by atoms with Gasteiger partial charge in [-0.15, -0.1) is 0 Å². The number of hydrogen-bond acceptors (Lipinski definition) is 4. The Morgan fingerprint density at radius 3 is 2.93 bits per heavy atom. The highest BCUT2D eigenvalue weighted by Crippen LogP contribution is 2.37. The minimum absolute atomic E-state index is 0.581. The summed E-state index contributed by atoms with van der Waals surface area (Å²) in [6.45, 7) is 6.72. The molecule has 1 aromatic carbocycles. The van der Waals surface area contributed by atoms with Crippen molar-refractivity contribution >= 4 is 34.6 Å². The molecular formula is C22H33ClN4OS. The molecule has 4 aliphatic rings. The number of likely N-dealkylation sites (tertiary alicyclic amines) is 1. The van der Waals surface area contributed by atoms with E-state index in [2.05, 4.69) is 20.4 Å². The van der Waals surface area contributed by atoms with Gasteiger partial charge in [-0.25, -0.2) is 0 Å². The molecular weight excluding hydrogens is 404 g/mol. The number of hydrogen-bond donors (Lipinski definition) is 2. The quantitative estimate of drug-likeness (QED) is 0.638. The summed E-state index contributed by atoms with van der Waals surface area (Å²) < 4.78 is 5.44. The molecule has 0 spiro atoms. The number of anilines is 1. The van der Waals surface area contributed by atoms with Gasteiger partial charge in [-0.1, -0.05) is 17.7 Å². The van der Waals surface area contributed by atoms with Crippen LogP contribution in [0.2, 0.25) is 5.02 Å². The van der Waals surface area contributed by atoms with Crippen LogP contribution in [0, 0.1) is 11.8 Å². The van der Waals surface area contributed by atoms with Crippen LogP contribution in [0.15, 0.2) is 24.3 Å². The average Bonchev–Trinajstić information content (AvgIpc) is 3.14. The summed E-state index contributed by atoms with van der Waals surface area (Å²) in [5.41, 5.74) is 0.928. The summed E-state index contributed by atoms with van der Waals surface area (Å²) in [7, 11) is 1.83. The second-order valence-electron chi connectivity index (χ2n) is 8.78. The lowest BCUT2D eigenvalue weighted by Crippen LogP contribution is -2.59. The number of ether oxygens (including phenoxy) is 1. The molecule has 7 heteroatoms. The fourth-order valence-corrected chi connectivity index (χ4v) is 5.83. The second-order valence-corrected chi connectivity index (χ2v) is 9.63. The lowest BCUT2D eigenvalue weighted by molar-refractivity contribution is -0.0158. The molecule has 0 aromatic heterocycles. The topological polar surface area (TPSA) is 39.8 Å². The van der Waals surface area contributed by atoms with Crippen LogP contribution in [0.4, 0.5) is 5.69 Å². The number of piperidine rings is 3. The summed E-state index contributed by atoms with van der Waals surface area (Å²) in [5, 5.41) is 8.05. The van der Waals surface area contributed by atoms with Crippen molar-refractivity contribution in [3.63, 3.8) is 0 Å². The predicted molar refractivity (Wildman–Crippen MR) is 124 cm³/mol. The van der Waals surface area contributed by atoms with E-state index in [9.17, 15) is 0 Å². The molecule has 2 bridgehead atoms. The minimum Gasteiger partial charge on any atom is -0.383 e. The van der Waals surface area contributed by atoms with Crippen LogP contribution in [0.25, 0.3) is 0 Å². The van der Waals surface area contributed by atoms with E-state index in [0.717, 1.165) is 30.7 Å². The summed E-state index contributed by atoms with van der Waals surface area (Å²) in [5.74, 6) is 1.64. The molecule has 4 aliphatic heterocycles. The monoisotopic (exact) mass is 436 g/mol. The molecule has 0 amide bonds. The Labute approximate surface area is 185 Å². The molecule has 2 N–H and O–H groups in total. The van der Waals surface area contributed by atoms with Gasteiger partial charge in [0.25, 0.3) is 0 Å². The molecule has 1 aromatic rings. The fourth-order valence-electron chi connectivity index (χ4n) is 5.44. The summed E-state index contributed by atoms with van der Waals surface area (Å²) >= 11 is 11.5. The van der Waals surface area contributed by atoms with Crippen LogP contribution in [0.3, 0.4) is 0 Å². The van der Waals surface area contributed by atoms with Crippen molar-refractivity contribution in [1.82, 2.24) is 15.1 Å². The highest BCUT2D eigenvalue weighted by molar-refractivity contribution is 7.80. The van der Waals surface area contributed by atoms with Gasteiger partial charge in [0.15, 0.2) is 5.11 Å². The molecule has 0 saturated carbocycles. The second kappa shape index (κ2) is 9.92. The summed E-state index contributed by atoms with van der Waals surface area (Å²) in [6.07, 6.45) is 5.23. The van der Waals surface area contributed by atoms with Gasteiger partial charge in [0.2, 0.25) is 0 Å². The largest absolute Gasteiger partial charge is 0.383 e. The van der Waals surface area contributed by atoms with E-state index in [1.807, 2.05) is 31.4 Å². The fraction of sp³-hybridized carbons (Fsp3) is 0.682. The Kier molecular flexibility index (Phi) is 7.30. The summed E-state index contributed by atoms with van der Waals surface area (Å²) in [6, 6.07) is 8.87. The molecule has 0 aliphatic carbocycles. The lowest BCUT2D eigenvalue weighted by Gasteiger charge is -2.51. The molecule has 4 fully saturated rings. The van der Waals surface area contributed by atoms with Crippen LogP contribution < -0.4 is 10.6 Å². The first kappa shape index (κ1) is 21.3. The highest BCUT2D eigenvalue weighted by Gasteiger charge is 2.41. The van der Waals surface area contributed by atoms with Gasteiger partial charge in [-0.3, -0.25) is 9.80 Å². The zero-order chi connectivity index (χ0) is 20.2. The van der Waals surface area contributed by atoms with E-state index in [1.165, 1.54) is 51.9 Å². The molecule has 5 rings (SSSR count). The number of nitrogens with one attached hydrogen (secondary N) is 2. The molecule has 5 atom stereocenters. The van der Waals surface area contributed by atoms with Gasteiger partial charge in [0, 0.05) is 49.5 Å². The van der Waals surface area contributed by atoms with Gasteiger partial charge in [-0.2, -0.15) is 0 Å². The Hall–Kier alpha value is -0.920. The summed E-state index contributed by atoms with van der Waals surface area (Å²) in [4.78, 5) is 5.37. The smallest absolute Gasteiger partial charge is 0.170 e. The van der Waals surface area contributed by atoms with Crippen molar-refractivity contribution in [1.29, 1.82) is 0 Å². The number of halogens is 1. The molecule has 4 saturated heterocycles. The maximum absolute atomic E-state index is 6.05. The standard InChI is InChI=1S/C22H33ClN4OS/c1-28-15-20-6-3-8-26(20)13-17-14-27-9-7-16(17)10-21(27)12-24-22(29)25-19-5-2-4-18(23)11-19/h2,4-5,11,16-17,20-21H,3,6-10,12-15H2,1H3,(H2,24,25,29). The van der Waals surface area contributed by atoms with E-state index < -0.39 is 0 Å². The van der Waals surface area contributed by atoms with Crippen molar-refractivity contribution < 1.29 is 4.74 Å². The van der Waals surface area contributed by atoms with E-state index in [1.54, 1.807) is 0 Å². The third kappa shape index (κ3) is 5.42. The van der Waals surface area contributed by atoms with E-state index in [-0.39, 0.29) is 0 Å². The van der Waals surface area contributed by atoms with E-state index in [0.29, 0.717) is 22.2 Å². The third-order valence-corrected chi connectivity index (χ3v) is 7.40. The number of rotatable bonds is 7. The van der Waals surface area contributed by atoms with Gasteiger partial charge in [0.05, 0.1) is 6.61 Å².